The summed E-state index contributed by atoms with van der Waals surface area (Å²) in [5, 5.41) is 17.7. The highest BCUT2D eigenvalue weighted by molar-refractivity contribution is 5.69. The first-order valence-electron chi connectivity index (χ1n) is 6.65. The monoisotopic (exact) mass is 261 g/mol. The van der Waals surface area contributed by atoms with E-state index in [1.165, 1.54) is 0 Å². The molecule has 0 bridgehead atoms. The van der Waals surface area contributed by atoms with Crippen LogP contribution >= 0.6 is 0 Å². The minimum absolute atomic E-state index is 0.139. The molecule has 0 spiro atoms. The third kappa shape index (κ3) is 9.39. The molecule has 0 aliphatic heterocycles. The average Bonchev–Trinajstić information content (AvgIpc) is 2.30. The number of aliphatic carboxylic acids is 1. The van der Waals surface area contributed by atoms with E-state index >= 15 is 0 Å². The zero-order chi connectivity index (χ0) is 14.0. The predicted molar refractivity (Wildman–Crippen MR) is 70.6 cm³/mol. The number of hydrogen-bond acceptors (Lipinski definition) is 4. The van der Waals surface area contributed by atoms with E-state index in [4.69, 9.17) is 14.9 Å². The molecule has 0 heterocycles. The number of carboxylic acid groups (broad SMARTS) is 1. The Morgan fingerprint density at radius 3 is 2.33 bits per heavy atom. The lowest BCUT2D eigenvalue weighted by Gasteiger charge is -2.24. The highest BCUT2D eigenvalue weighted by Gasteiger charge is 2.15. The lowest BCUT2D eigenvalue weighted by Crippen LogP contribution is -2.34. The van der Waals surface area contributed by atoms with Crippen LogP contribution in [0.25, 0.3) is 0 Å². The van der Waals surface area contributed by atoms with Crippen molar-refractivity contribution in [1.29, 1.82) is 0 Å². The lowest BCUT2D eigenvalue weighted by molar-refractivity contribution is -0.141. The van der Waals surface area contributed by atoms with Gasteiger partial charge in [0, 0.05) is 32.8 Å². The molecule has 0 radical (unpaired) electrons. The maximum atomic E-state index is 10.8. The molecule has 0 saturated heterocycles. The Kier molecular flexibility index (Phi) is 9.92. The van der Waals surface area contributed by atoms with Crippen LogP contribution in [0.1, 0.15) is 33.6 Å². The van der Waals surface area contributed by atoms with Crippen molar-refractivity contribution in [1.82, 2.24) is 4.90 Å². The number of aliphatic hydroxyl groups excluding tert-OH is 1. The van der Waals surface area contributed by atoms with Crippen LogP contribution in [0.3, 0.4) is 0 Å². The first-order chi connectivity index (χ1) is 8.47. The first kappa shape index (κ1) is 17.4. The Labute approximate surface area is 110 Å². The number of hydrogen-bond donors (Lipinski definition) is 2. The van der Waals surface area contributed by atoms with Gasteiger partial charge >= 0.3 is 5.97 Å². The van der Waals surface area contributed by atoms with Gasteiger partial charge in [-0.1, -0.05) is 6.92 Å². The van der Waals surface area contributed by atoms with Gasteiger partial charge in [0.2, 0.25) is 0 Å². The van der Waals surface area contributed by atoms with Crippen molar-refractivity contribution in [2.24, 2.45) is 5.92 Å². The van der Waals surface area contributed by atoms with Gasteiger partial charge in [-0.25, -0.2) is 0 Å². The van der Waals surface area contributed by atoms with Crippen LogP contribution in [0.15, 0.2) is 0 Å². The van der Waals surface area contributed by atoms with E-state index in [0.29, 0.717) is 19.6 Å². The second kappa shape index (κ2) is 10.3. The summed E-state index contributed by atoms with van der Waals surface area (Å²) >= 11 is 0. The quantitative estimate of drug-likeness (QED) is 0.547. The molecular weight excluding hydrogens is 234 g/mol. The fraction of sp³-hybridized carbons (Fsp3) is 0.923. The van der Waals surface area contributed by atoms with Gasteiger partial charge in [0.15, 0.2) is 0 Å². The maximum absolute atomic E-state index is 10.8. The summed E-state index contributed by atoms with van der Waals surface area (Å²) in [5.74, 6) is -1.16. The van der Waals surface area contributed by atoms with Crippen molar-refractivity contribution in [3.8, 4) is 0 Å². The minimum Gasteiger partial charge on any atom is -0.481 e. The molecule has 18 heavy (non-hydrogen) atoms. The molecule has 0 aliphatic carbocycles. The van der Waals surface area contributed by atoms with Gasteiger partial charge in [-0.05, 0) is 26.7 Å². The van der Waals surface area contributed by atoms with Crippen molar-refractivity contribution >= 4 is 5.97 Å². The molecule has 2 N–H and O–H groups in total. The Balaban J connectivity index is 3.94. The molecule has 0 aromatic heterocycles. The molecule has 0 rings (SSSR count). The standard InChI is InChI=1S/C13H27NO4/c1-11(2)18-9-5-7-14(6-4-8-15)10-12(3)13(16)17/h11-12,15H,4-10H2,1-3H3,(H,16,17). The highest BCUT2D eigenvalue weighted by atomic mass is 16.5. The number of aliphatic hydroxyl groups is 1. The Morgan fingerprint density at radius 1 is 1.22 bits per heavy atom. The molecule has 1 atom stereocenters. The van der Waals surface area contributed by atoms with Gasteiger partial charge < -0.3 is 19.8 Å². The summed E-state index contributed by atoms with van der Waals surface area (Å²) in [6.07, 6.45) is 1.79. The van der Waals surface area contributed by atoms with Crippen LogP contribution in [0.4, 0.5) is 0 Å². The van der Waals surface area contributed by atoms with E-state index in [1.807, 2.05) is 13.8 Å². The minimum atomic E-state index is -0.776. The van der Waals surface area contributed by atoms with E-state index in [0.717, 1.165) is 19.5 Å². The molecule has 0 fully saturated rings. The number of ether oxygens (including phenoxy) is 1. The van der Waals surface area contributed by atoms with E-state index < -0.39 is 5.97 Å². The summed E-state index contributed by atoms with van der Waals surface area (Å²) in [5.41, 5.74) is 0. The Hall–Kier alpha value is -0.650. The molecule has 0 aliphatic rings. The maximum Gasteiger partial charge on any atom is 0.307 e. The highest BCUT2D eigenvalue weighted by Crippen LogP contribution is 2.03. The number of carbonyl (C=O) groups is 1. The van der Waals surface area contributed by atoms with Crippen LogP contribution in [-0.2, 0) is 9.53 Å². The summed E-state index contributed by atoms with van der Waals surface area (Å²) in [4.78, 5) is 12.9. The van der Waals surface area contributed by atoms with Gasteiger partial charge in [0.1, 0.15) is 0 Å². The number of nitrogens with zero attached hydrogens (tertiary/aromatic N) is 1. The van der Waals surface area contributed by atoms with E-state index in [-0.39, 0.29) is 18.6 Å². The summed E-state index contributed by atoms with van der Waals surface area (Å²) in [7, 11) is 0. The van der Waals surface area contributed by atoms with Crippen LogP contribution in [0.2, 0.25) is 0 Å². The molecule has 0 amide bonds. The van der Waals surface area contributed by atoms with Crippen molar-refractivity contribution in [2.75, 3.05) is 32.8 Å². The number of rotatable bonds is 11. The fourth-order valence-corrected chi connectivity index (χ4v) is 1.66. The van der Waals surface area contributed by atoms with Crippen molar-refractivity contribution in [2.45, 2.75) is 39.7 Å². The lowest BCUT2D eigenvalue weighted by atomic mass is 10.1. The summed E-state index contributed by atoms with van der Waals surface area (Å²) < 4.78 is 5.46. The van der Waals surface area contributed by atoms with Gasteiger partial charge in [0.25, 0.3) is 0 Å². The van der Waals surface area contributed by atoms with Crippen LogP contribution < -0.4 is 0 Å². The molecular formula is C13H27NO4. The zero-order valence-corrected chi connectivity index (χ0v) is 11.8. The smallest absolute Gasteiger partial charge is 0.307 e. The zero-order valence-electron chi connectivity index (χ0n) is 11.8. The molecule has 108 valence electrons. The second-order valence-corrected chi connectivity index (χ2v) is 4.89. The van der Waals surface area contributed by atoms with E-state index in [9.17, 15) is 4.79 Å². The molecule has 1 unspecified atom stereocenters. The second-order valence-electron chi connectivity index (χ2n) is 4.89. The third-order valence-corrected chi connectivity index (χ3v) is 2.66. The van der Waals surface area contributed by atoms with E-state index in [2.05, 4.69) is 4.90 Å². The summed E-state index contributed by atoms with van der Waals surface area (Å²) in [6.45, 7) is 8.59. The van der Waals surface area contributed by atoms with Gasteiger partial charge in [-0.2, -0.15) is 0 Å². The molecule has 0 aromatic rings. The van der Waals surface area contributed by atoms with Gasteiger partial charge in [-0.15, -0.1) is 0 Å². The molecule has 0 aromatic carbocycles. The van der Waals surface area contributed by atoms with Crippen molar-refractivity contribution in [3.63, 3.8) is 0 Å². The molecule has 0 saturated carbocycles. The number of carboxylic acids is 1. The third-order valence-electron chi connectivity index (χ3n) is 2.66. The first-order valence-corrected chi connectivity index (χ1v) is 6.65. The predicted octanol–water partition coefficient (Wildman–Crippen LogP) is 1.21. The SMILES string of the molecule is CC(C)OCCCN(CCCO)CC(C)C(=O)O. The Bertz CT molecular complexity index is 221. The van der Waals surface area contributed by atoms with E-state index in [1.54, 1.807) is 6.92 Å². The molecule has 5 heteroatoms. The molecule has 5 nitrogen and oxygen atoms in total. The largest absolute Gasteiger partial charge is 0.481 e. The van der Waals surface area contributed by atoms with Gasteiger partial charge in [0.05, 0.1) is 12.0 Å². The topological polar surface area (TPSA) is 70.0 Å². The van der Waals surface area contributed by atoms with Crippen molar-refractivity contribution < 1.29 is 19.7 Å². The van der Waals surface area contributed by atoms with Crippen LogP contribution in [0, 0.1) is 5.92 Å². The van der Waals surface area contributed by atoms with Crippen molar-refractivity contribution in [3.05, 3.63) is 0 Å². The normalized spacial score (nSPS) is 13.2. The summed E-state index contributed by atoms with van der Waals surface area (Å²) in [6, 6.07) is 0. The van der Waals surface area contributed by atoms with Crippen LogP contribution in [-0.4, -0.2) is 60.0 Å². The van der Waals surface area contributed by atoms with Gasteiger partial charge in [-0.3, -0.25) is 4.79 Å². The van der Waals surface area contributed by atoms with Crippen LogP contribution in [0.5, 0.6) is 0 Å². The fourth-order valence-electron chi connectivity index (χ4n) is 1.66. The Morgan fingerprint density at radius 2 is 1.83 bits per heavy atom. The average molecular weight is 261 g/mol.